The maximum absolute atomic E-state index is 10.5. The minimum absolute atomic E-state index is 0.627. The summed E-state index contributed by atoms with van der Waals surface area (Å²) in [4.78, 5) is 4.23. The summed E-state index contributed by atoms with van der Waals surface area (Å²) in [7, 11) is 0. The molecule has 0 aliphatic heterocycles. The molecule has 3 aromatic rings. The molecule has 0 aliphatic rings. The molecule has 1 aromatic heterocycles. The molecular weight excluding hydrogens is 234 g/mol. The molecule has 0 saturated carbocycles. The highest BCUT2D eigenvalue weighted by molar-refractivity contribution is 5.83. The van der Waals surface area contributed by atoms with Gasteiger partial charge in [-0.15, -0.1) is 0 Å². The van der Waals surface area contributed by atoms with Gasteiger partial charge in [0.25, 0.3) is 0 Å². The summed E-state index contributed by atoms with van der Waals surface area (Å²) in [6, 6.07) is 18.0. The van der Waals surface area contributed by atoms with Gasteiger partial charge < -0.3 is 5.11 Å². The number of aliphatic hydroxyl groups excluding tert-OH is 1. The van der Waals surface area contributed by atoms with Gasteiger partial charge in [0.1, 0.15) is 6.10 Å². The van der Waals surface area contributed by atoms with Gasteiger partial charge in [-0.3, -0.25) is 4.98 Å². The molecule has 0 spiro atoms. The maximum Gasteiger partial charge on any atom is 0.106 e. The first-order valence-electron chi connectivity index (χ1n) is 6.34. The third-order valence-electron chi connectivity index (χ3n) is 3.43. The minimum atomic E-state index is -0.627. The number of hydrogen-bond acceptors (Lipinski definition) is 2. The Labute approximate surface area is 112 Å². The average Bonchev–Trinajstić information content (AvgIpc) is 2.46. The van der Waals surface area contributed by atoms with Gasteiger partial charge in [0.2, 0.25) is 0 Å². The molecular formula is C17H15NO. The van der Waals surface area contributed by atoms with Crippen LogP contribution in [0.3, 0.4) is 0 Å². The highest BCUT2D eigenvalue weighted by Crippen LogP contribution is 2.26. The average molecular weight is 249 g/mol. The largest absolute Gasteiger partial charge is 0.384 e. The van der Waals surface area contributed by atoms with Crippen LogP contribution in [0.4, 0.5) is 0 Å². The number of aliphatic hydroxyl groups is 1. The van der Waals surface area contributed by atoms with E-state index in [-0.39, 0.29) is 0 Å². The normalized spacial score (nSPS) is 12.5. The van der Waals surface area contributed by atoms with Crippen LogP contribution < -0.4 is 0 Å². The first-order chi connectivity index (χ1) is 9.25. The molecule has 2 aromatic carbocycles. The van der Waals surface area contributed by atoms with E-state index in [2.05, 4.69) is 17.1 Å². The van der Waals surface area contributed by atoms with E-state index in [1.165, 1.54) is 5.39 Å². The van der Waals surface area contributed by atoms with Crippen LogP contribution in [0.5, 0.6) is 0 Å². The molecule has 0 fully saturated rings. The van der Waals surface area contributed by atoms with E-state index in [9.17, 15) is 5.11 Å². The number of fused-ring (bicyclic) bond motifs is 1. The summed E-state index contributed by atoms with van der Waals surface area (Å²) in [5.41, 5.74) is 2.62. The second-order valence-corrected chi connectivity index (χ2v) is 4.69. The predicted octanol–water partition coefficient (Wildman–Crippen LogP) is 3.62. The maximum atomic E-state index is 10.5. The number of benzene rings is 2. The van der Waals surface area contributed by atoms with Crippen LogP contribution in [0.1, 0.15) is 22.9 Å². The van der Waals surface area contributed by atoms with Crippen molar-refractivity contribution in [2.24, 2.45) is 0 Å². The Morgan fingerprint density at radius 3 is 2.53 bits per heavy atom. The van der Waals surface area contributed by atoms with Crippen LogP contribution in [0.2, 0.25) is 0 Å². The molecule has 1 unspecified atom stereocenters. The van der Waals surface area contributed by atoms with E-state index in [0.717, 1.165) is 22.2 Å². The lowest BCUT2D eigenvalue weighted by atomic mass is 9.98. The molecule has 2 heteroatoms. The van der Waals surface area contributed by atoms with Gasteiger partial charge in [-0.05, 0) is 35.4 Å². The summed E-state index contributed by atoms with van der Waals surface area (Å²) >= 11 is 0. The van der Waals surface area contributed by atoms with Crippen molar-refractivity contribution in [1.29, 1.82) is 0 Å². The topological polar surface area (TPSA) is 33.1 Å². The van der Waals surface area contributed by atoms with Gasteiger partial charge in [0.15, 0.2) is 0 Å². The van der Waals surface area contributed by atoms with E-state index < -0.39 is 6.10 Å². The van der Waals surface area contributed by atoms with E-state index in [0.29, 0.717) is 0 Å². The number of hydrogen-bond donors (Lipinski definition) is 1. The molecule has 1 heterocycles. The molecule has 0 aliphatic carbocycles. The minimum Gasteiger partial charge on any atom is -0.384 e. The Kier molecular flexibility index (Phi) is 3.02. The predicted molar refractivity (Wildman–Crippen MR) is 77.0 cm³/mol. The fraction of sp³-hybridized carbons (Fsp3) is 0.118. The van der Waals surface area contributed by atoms with Gasteiger partial charge in [0.05, 0.1) is 0 Å². The summed E-state index contributed by atoms with van der Waals surface area (Å²) in [6.45, 7) is 1.92. The number of rotatable bonds is 2. The van der Waals surface area contributed by atoms with Crippen molar-refractivity contribution in [2.45, 2.75) is 13.0 Å². The molecule has 0 bridgehead atoms. The van der Waals surface area contributed by atoms with Gasteiger partial charge in [-0.2, -0.15) is 0 Å². The van der Waals surface area contributed by atoms with Crippen LogP contribution in [-0.2, 0) is 0 Å². The summed E-state index contributed by atoms with van der Waals surface area (Å²) in [5.74, 6) is 0. The fourth-order valence-corrected chi connectivity index (χ4v) is 2.34. The SMILES string of the molecule is Cc1ncccc1C(O)c1ccc2ccccc2c1. The highest BCUT2D eigenvalue weighted by Gasteiger charge is 2.13. The molecule has 0 radical (unpaired) electrons. The Balaban J connectivity index is 2.07. The Hall–Kier alpha value is -2.19. The second kappa shape index (κ2) is 4.82. The lowest BCUT2D eigenvalue weighted by Crippen LogP contribution is -2.03. The van der Waals surface area contributed by atoms with E-state index in [1.807, 2.05) is 49.4 Å². The van der Waals surface area contributed by atoms with Crippen molar-refractivity contribution in [2.75, 3.05) is 0 Å². The molecule has 3 rings (SSSR count). The van der Waals surface area contributed by atoms with Crippen LogP contribution in [0.15, 0.2) is 60.8 Å². The van der Waals surface area contributed by atoms with Crippen LogP contribution >= 0.6 is 0 Å². The van der Waals surface area contributed by atoms with E-state index in [4.69, 9.17) is 0 Å². The molecule has 1 N–H and O–H groups in total. The van der Waals surface area contributed by atoms with Crippen molar-refractivity contribution in [1.82, 2.24) is 4.98 Å². The summed E-state index contributed by atoms with van der Waals surface area (Å²) in [5, 5.41) is 12.8. The zero-order valence-corrected chi connectivity index (χ0v) is 10.7. The van der Waals surface area contributed by atoms with Gasteiger partial charge in [0, 0.05) is 17.5 Å². The fourth-order valence-electron chi connectivity index (χ4n) is 2.34. The Morgan fingerprint density at radius 2 is 1.74 bits per heavy atom. The van der Waals surface area contributed by atoms with Crippen molar-refractivity contribution in [3.8, 4) is 0 Å². The highest BCUT2D eigenvalue weighted by atomic mass is 16.3. The second-order valence-electron chi connectivity index (χ2n) is 4.69. The first kappa shape index (κ1) is 11.9. The first-order valence-corrected chi connectivity index (χ1v) is 6.34. The molecule has 0 amide bonds. The monoisotopic (exact) mass is 249 g/mol. The third-order valence-corrected chi connectivity index (χ3v) is 3.43. The summed E-state index contributed by atoms with van der Waals surface area (Å²) < 4.78 is 0. The number of pyridine rings is 1. The Bertz CT molecular complexity index is 721. The molecule has 19 heavy (non-hydrogen) atoms. The zero-order chi connectivity index (χ0) is 13.2. The van der Waals surface area contributed by atoms with Crippen LogP contribution in [0, 0.1) is 6.92 Å². The molecule has 94 valence electrons. The molecule has 0 saturated heterocycles. The number of aryl methyl sites for hydroxylation is 1. The van der Waals surface area contributed by atoms with Crippen molar-refractivity contribution in [3.05, 3.63) is 77.6 Å². The molecule has 1 atom stereocenters. The van der Waals surface area contributed by atoms with E-state index >= 15 is 0 Å². The zero-order valence-electron chi connectivity index (χ0n) is 10.7. The van der Waals surface area contributed by atoms with E-state index in [1.54, 1.807) is 6.20 Å². The quantitative estimate of drug-likeness (QED) is 0.752. The van der Waals surface area contributed by atoms with Crippen molar-refractivity contribution < 1.29 is 5.11 Å². The summed E-state index contributed by atoms with van der Waals surface area (Å²) in [6.07, 6.45) is 1.12. The number of nitrogens with zero attached hydrogens (tertiary/aromatic N) is 1. The van der Waals surface area contributed by atoms with Gasteiger partial charge in [-0.25, -0.2) is 0 Å². The lowest BCUT2D eigenvalue weighted by molar-refractivity contribution is 0.219. The Morgan fingerprint density at radius 1 is 0.947 bits per heavy atom. The van der Waals surface area contributed by atoms with Crippen molar-refractivity contribution in [3.63, 3.8) is 0 Å². The van der Waals surface area contributed by atoms with Crippen LogP contribution in [0.25, 0.3) is 10.8 Å². The lowest BCUT2D eigenvalue weighted by Gasteiger charge is -2.14. The molecule has 2 nitrogen and oxygen atoms in total. The third kappa shape index (κ3) is 2.23. The van der Waals surface area contributed by atoms with Gasteiger partial charge in [-0.1, -0.05) is 42.5 Å². The van der Waals surface area contributed by atoms with Crippen LogP contribution in [-0.4, -0.2) is 10.1 Å². The standard InChI is InChI=1S/C17H15NO/c1-12-16(7-4-10-18-12)17(19)15-9-8-13-5-2-3-6-14(13)11-15/h2-11,17,19H,1H3. The van der Waals surface area contributed by atoms with Crippen molar-refractivity contribution >= 4 is 10.8 Å². The smallest absolute Gasteiger partial charge is 0.106 e. The van der Waals surface area contributed by atoms with Gasteiger partial charge >= 0.3 is 0 Å². The number of aromatic nitrogens is 1.